The molecule has 3 heteroatoms. The molecule has 14 heavy (non-hydrogen) atoms. The highest BCUT2D eigenvalue weighted by Crippen LogP contribution is 2.36. The molecule has 0 fully saturated rings. The van der Waals surface area contributed by atoms with Crippen LogP contribution in [0.5, 0.6) is 0 Å². The van der Waals surface area contributed by atoms with Crippen molar-refractivity contribution in [2.24, 2.45) is 0 Å². The number of nitrogens with two attached hydrogens (primary N) is 1. The van der Waals surface area contributed by atoms with Crippen molar-refractivity contribution in [2.45, 2.75) is 45.4 Å². The second-order valence-electron chi connectivity index (χ2n) is 4.73. The second-order valence-corrected chi connectivity index (χ2v) is 4.73. The molecule has 3 nitrogen and oxygen atoms in total. The molecule has 1 aliphatic carbocycles. The van der Waals surface area contributed by atoms with E-state index in [-0.39, 0.29) is 6.84 Å². The minimum atomic E-state index is 0. The number of anilines is 1. The van der Waals surface area contributed by atoms with Gasteiger partial charge in [-0.1, -0.05) is 13.8 Å². The molecule has 1 aromatic rings. The lowest BCUT2D eigenvalue weighted by Gasteiger charge is -2.31. The van der Waals surface area contributed by atoms with E-state index >= 15 is 0 Å². The Morgan fingerprint density at radius 3 is 2.79 bits per heavy atom. The molecule has 0 saturated heterocycles. The van der Waals surface area contributed by atoms with Gasteiger partial charge in [0, 0.05) is 12.5 Å². The van der Waals surface area contributed by atoms with Crippen molar-refractivity contribution in [1.82, 2.24) is 9.97 Å². The van der Waals surface area contributed by atoms with Crippen molar-refractivity contribution in [3.63, 3.8) is 0 Å². The van der Waals surface area contributed by atoms with Gasteiger partial charge in [-0.25, -0.2) is 9.97 Å². The molecule has 2 N–H and O–H groups in total. The van der Waals surface area contributed by atoms with Crippen molar-refractivity contribution < 1.29 is 1.43 Å². The van der Waals surface area contributed by atoms with E-state index < -0.39 is 0 Å². The van der Waals surface area contributed by atoms with Gasteiger partial charge in [-0.3, -0.25) is 0 Å². The zero-order valence-electron chi connectivity index (χ0n) is 9.09. The molecule has 0 saturated carbocycles. The molecule has 1 heterocycles. The summed E-state index contributed by atoms with van der Waals surface area (Å²) in [6, 6.07) is 0. The van der Waals surface area contributed by atoms with Crippen LogP contribution in [0.1, 0.15) is 45.1 Å². The molecular weight excluding hydrogens is 174 g/mol. The standard InChI is InChI=1S/C11H17N3.H2/c1-7-8-5-4-6-11(2,3)9(8)14-10(12)13-7;/h4-6H2,1-3H3,(H2,12,13,14);1H. The summed E-state index contributed by atoms with van der Waals surface area (Å²) in [4.78, 5) is 8.61. The lowest BCUT2D eigenvalue weighted by molar-refractivity contribution is 0.416. The van der Waals surface area contributed by atoms with E-state index in [1.165, 1.54) is 18.4 Å². The lowest BCUT2D eigenvalue weighted by atomic mass is 9.75. The number of nitrogens with zero attached hydrogens (tertiary/aromatic N) is 2. The average Bonchev–Trinajstić information content (AvgIpc) is 2.06. The number of nitrogen functional groups attached to an aromatic ring is 1. The molecule has 2 rings (SSSR count). The number of hydrogen-bond acceptors (Lipinski definition) is 3. The Morgan fingerprint density at radius 2 is 2.07 bits per heavy atom. The maximum absolute atomic E-state index is 5.68. The molecule has 1 aromatic heterocycles. The first-order valence-electron chi connectivity index (χ1n) is 5.14. The van der Waals surface area contributed by atoms with Crippen molar-refractivity contribution >= 4 is 5.95 Å². The van der Waals surface area contributed by atoms with Crippen LogP contribution in [-0.4, -0.2) is 9.97 Å². The van der Waals surface area contributed by atoms with Gasteiger partial charge >= 0.3 is 0 Å². The molecule has 0 aliphatic heterocycles. The Labute approximate surface area is 86.2 Å². The number of aryl methyl sites for hydroxylation is 1. The van der Waals surface area contributed by atoms with Gasteiger partial charge in [0.2, 0.25) is 5.95 Å². The normalized spacial score (nSPS) is 19.1. The summed E-state index contributed by atoms with van der Waals surface area (Å²) in [6.45, 7) is 6.49. The van der Waals surface area contributed by atoms with E-state index in [2.05, 4.69) is 23.8 Å². The van der Waals surface area contributed by atoms with Crippen LogP contribution in [0.15, 0.2) is 0 Å². The van der Waals surface area contributed by atoms with Crippen molar-refractivity contribution in [2.75, 3.05) is 5.73 Å². The number of hydrogen-bond donors (Lipinski definition) is 1. The molecule has 0 spiro atoms. The molecule has 0 unspecified atom stereocenters. The van der Waals surface area contributed by atoms with Gasteiger partial charge in [0.25, 0.3) is 0 Å². The van der Waals surface area contributed by atoms with Gasteiger partial charge in [-0.05, 0) is 31.7 Å². The van der Waals surface area contributed by atoms with Crippen LogP contribution in [0.25, 0.3) is 0 Å². The Hall–Kier alpha value is -1.12. The van der Waals surface area contributed by atoms with Gasteiger partial charge in [0.05, 0.1) is 5.69 Å². The summed E-state index contributed by atoms with van der Waals surface area (Å²) in [7, 11) is 0. The highest BCUT2D eigenvalue weighted by Gasteiger charge is 2.30. The Balaban J connectivity index is 0.00000112. The smallest absolute Gasteiger partial charge is 0.220 e. The fourth-order valence-electron chi connectivity index (χ4n) is 2.30. The monoisotopic (exact) mass is 193 g/mol. The molecule has 0 radical (unpaired) electrons. The SMILES string of the molecule is Cc1nc(N)nc2c1CCCC2(C)C.[HH]. The fraction of sp³-hybridized carbons (Fsp3) is 0.636. The Kier molecular flexibility index (Phi) is 1.98. The summed E-state index contributed by atoms with van der Waals surface area (Å²) >= 11 is 0. The quantitative estimate of drug-likeness (QED) is 0.687. The molecule has 1 aliphatic rings. The van der Waals surface area contributed by atoms with Gasteiger partial charge in [-0.2, -0.15) is 0 Å². The van der Waals surface area contributed by atoms with E-state index in [0.717, 1.165) is 17.8 Å². The van der Waals surface area contributed by atoms with Gasteiger partial charge in [0.1, 0.15) is 0 Å². The van der Waals surface area contributed by atoms with E-state index in [1.807, 2.05) is 6.92 Å². The van der Waals surface area contributed by atoms with Crippen LogP contribution in [-0.2, 0) is 11.8 Å². The zero-order chi connectivity index (χ0) is 10.3. The first-order chi connectivity index (χ1) is 6.50. The van der Waals surface area contributed by atoms with Gasteiger partial charge < -0.3 is 5.73 Å². The minimum Gasteiger partial charge on any atom is -0.368 e. The molecular formula is C11H19N3. The summed E-state index contributed by atoms with van der Waals surface area (Å²) in [5.74, 6) is 0.413. The van der Waals surface area contributed by atoms with Crippen LogP contribution in [0, 0.1) is 6.92 Å². The molecule has 0 aromatic carbocycles. The molecule has 0 bridgehead atoms. The van der Waals surface area contributed by atoms with Crippen molar-refractivity contribution in [1.29, 1.82) is 0 Å². The van der Waals surface area contributed by atoms with E-state index in [0.29, 0.717) is 5.95 Å². The minimum absolute atomic E-state index is 0. The lowest BCUT2D eigenvalue weighted by Crippen LogP contribution is -2.27. The maximum atomic E-state index is 5.68. The third-order valence-corrected chi connectivity index (χ3v) is 3.10. The number of rotatable bonds is 0. The summed E-state index contributed by atoms with van der Waals surface area (Å²) in [5.41, 5.74) is 9.38. The van der Waals surface area contributed by atoms with Gasteiger partial charge in [-0.15, -0.1) is 0 Å². The molecule has 0 atom stereocenters. The number of aromatic nitrogens is 2. The van der Waals surface area contributed by atoms with E-state index in [9.17, 15) is 0 Å². The summed E-state index contributed by atoms with van der Waals surface area (Å²) in [5, 5.41) is 0. The third-order valence-electron chi connectivity index (χ3n) is 3.10. The first kappa shape index (κ1) is 9.44. The summed E-state index contributed by atoms with van der Waals surface area (Å²) in [6.07, 6.45) is 3.52. The molecule has 0 amide bonds. The maximum Gasteiger partial charge on any atom is 0.220 e. The first-order valence-corrected chi connectivity index (χ1v) is 5.14. The second kappa shape index (κ2) is 2.94. The topological polar surface area (TPSA) is 51.8 Å². The Morgan fingerprint density at radius 1 is 1.36 bits per heavy atom. The fourth-order valence-corrected chi connectivity index (χ4v) is 2.30. The van der Waals surface area contributed by atoms with Gasteiger partial charge in [0.15, 0.2) is 0 Å². The predicted molar refractivity (Wildman–Crippen MR) is 59.3 cm³/mol. The van der Waals surface area contributed by atoms with E-state index in [1.54, 1.807) is 0 Å². The Bertz CT molecular complexity index is 374. The van der Waals surface area contributed by atoms with Crippen LogP contribution in [0.3, 0.4) is 0 Å². The third kappa shape index (κ3) is 1.37. The van der Waals surface area contributed by atoms with Crippen LogP contribution in [0.2, 0.25) is 0 Å². The van der Waals surface area contributed by atoms with Crippen molar-refractivity contribution in [3.05, 3.63) is 17.0 Å². The molecule has 78 valence electrons. The highest BCUT2D eigenvalue weighted by atomic mass is 15.0. The van der Waals surface area contributed by atoms with Crippen LogP contribution >= 0.6 is 0 Å². The summed E-state index contributed by atoms with van der Waals surface area (Å²) < 4.78 is 0. The number of fused-ring (bicyclic) bond motifs is 1. The predicted octanol–water partition coefficient (Wildman–Crippen LogP) is 2.23. The van der Waals surface area contributed by atoms with Crippen LogP contribution in [0.4, 0.5) is 5.95 Å². The average molecular weight is 193 g/mol. The van der Waals surface area contributed by atoms with Crippen molar-refractivity contribution in [3.8, 4) is 0 Å². The van der Waals surface area contributed by atoms with E-state index in [4.69, 9.17) is 5.73 Å². The zero-order valence-corrected chi connectivity index (χ0v) is 9.09. The largest absolute Gasteiger partial charge is 0.368 e. The van der Waals surface area contributed by atoms with Crippen LogP contribution < -0.4 is 5.73 Å². The highest BCUT2D eigenvalue weighted by molar-refractivity contribution is 5.37.